The van der Waals surface area contributed by atoms with Gasteiger partial charge in [0.15, 0.2) is 0 Å². The second-order valence-corrected chi connectivity index (χ2v) is 28.7. The van der Waals surface area contributed by atoms with E-state index in [1.54, 1.807) is 22.3 Å². The molecular formula is C37H36Cl2Hf. The first-order valence-electron chi connectivity index (χ1n) is 14.2. The third-order valence-corrected chi connectivity index (χ3v) is 32.7. The van der Waals surface area contributed by atoms with E-state index in [0.29, 0.717) is 7.35 Å². The predicted molar refractivity (Wildman–Crippen MR) is 160 cm³/mol. The van der Waals surface area contributed by atoms with Crippen LogP contribution in [-0.4, -0.2) is 0 Å². The van der Waals surface area contributed by atoms with Crippen molar-refractivity contribution in [1.82, 2.24) is 0 Å². The smallest absolute Gasteiger partial charge is 1.00 e. The van der Waals surface area contributed by atoms with Gasteiger partial charge in [-0.3, -0.25) is 0 Å². The second-order valence-electron chi connectivity index (χ2n) is 12.1. The summed E-state index contributed by atoms with van der Waals surface area (Å²) < 4.78 is 4.42. The van der Waals surface area contributed by atoms with E-state index in [1.807, 2.05) is 0 Å². The molecule has 4 aromatic carbocycles. The number of rotatable bonds is 4. The molecule has 202 valence electrons. The number of fused-ring (bicyclic) bond motifs is 2. The molecule has 0 aromatic heterocycles. The average Bonchev–Trinajstić information content (AvgIpc) is 3.41. The van der Waals surface area contributed by atoms with Crippen LogP contribution in [0, 0.1) is 13.8 Å². The molecule has 1 fully saturated rings. The molecule has 0 nitrogen and oxygen atoms in total. The Morgan fingerprint density at radius 3 is 1.27 bits per heavy atom. The maximum Gasteiger partial charge on any atom is -1.00 e. The number of benzene rings is 4. The van der Waals surface area contributed by atoms with Crippen LogP contribution in [0.25, 0.3) is 34.4 Å². The van der Waals surface area contributed by atoms with Crippen LogP contribution in [-0.2, 0) is 20.0 Å². The van der Waals surface area contributed by atoms with E-state index in [0.717, 1.165) is 0 Å². The molecule has 0 saturated carbocycles. The largest absolute Gasteiger partial charge is 1.00 e. The fraction of sp³-hybridized carbons (Fsp3) is 0.243. The molecule has 2 atom stereocenters. The van der Waals surface area contributed by atoms with E-state index in [1.165, 1.54) is 59.3 Å². The van der Waals surface area contributed by atoms with Gasteiger partial charge in [0.1, 0.15) is 0 Å². The molecular weight excluding hydrogens is 694 g/mol. The van der Waals surface area contributed by atoms with E-state index < -0.39 is 20.0 Å². The van der Waals surface area contributed by atoms with Crippen LogP contribution in [0.4, 0.5) is 0 Å². The first-order chi connectivity index (χ1) is 18.5. The second kappa shape index (κ2) is 11.2. The fourth-order valence-electron chi connectivity index (χ4n) is 7.93. The number of allylic oxidation sites excluding steroid dienone is 2. The normalized spacial score (nSPS) is 19.0. The van der Waals surface area contributed by atoms with E-state index in [4.69, 9.17) is 0 Å². The monoisotopic (exact) mass is 730 g/mol. The number of hydrogen-bond donors (Lipinski definition) is 0. The first kappa shape index (κ1) is 29.3. The minimum Gasteiger partial charge on any atom is -1.00 e. The van der Waals surface area contributed by atoms with Crippen molar-refractivity contribution < 1.29 is 44.8 Å². The minimum absolute atomic E-state index is 0. The summed E-state index contributed by atoms with van der Waals surface area (Å²) in [4.78, 5) is 0. The van der Waals surface area contributed by atoms with Crippen molar-refractivity contribution in [2.24, 2.45) is 0 Å². The molecule has 3 aliphatic rings. The van der Waals surface area contributed by atoms with Crippen molar-refractivity contribution in [3.63, 3.8) is 0 Å². The molecule has 0 amide bonds. The number of halogens is 2. The SMILES string of the molecule is CC1=Cc2c(-c3ccc(C)cc3)cccc2[CH]1[Hf+2]1([CH]2C(C)=Cc3c(-c4ccc(C)cc4)cccc32)[CH2]C[CH2]1.[Cl-].[Cl-]. The van der Waals surface area contributed by atoms with Gasteiger partial charge in [0.2, 0.25) is 0 Å². The van der Waals surface area contributed by atoms with Gasteiger partial charge in [-0.15, -0.1) is 0 Å². The van der Waals surface area contributed by atoms with Crippen molar-refractivity contribution in [2.45, 2.75) is 49.8 Å². The van der Waals surface area contributed by atoms with Gasteiger partial charge in [-0.25, -0.2) is 0 Å². The average molecular weight is 730 g/mol. The van der Waals surface area contributed by atoms with Gasteiger partial charge in [-0.05, 0) is 0 Å². The minimum atomic E-state index is -2.88. The van der Waals surface area contributed by atoms with E-state index in [2.05, 4.69) is 125 Å². The van der Waals surface area contributed by atoms with Crippen LogP contribution in [0.5, 0.6) is 0 Å². The summed E-state index contributed by atoms with van der Waals surface area (Å²) in [5.41, 5.74) is 17.7. The van der Waals surface area contributed by atoms with Crippen molar-refractivity contribution in [2.75, 3.05) is 0 Å². The Labute approximate surface area is 256 Å². The van der Waals surface area contributed by atoms with Crippen molar-refractivity contribution in [3.8, 4) is 22.3 Å². The summed E-state index contributed by atoms with van der Waals surface area (Å²) in [5.74, 6) is 0. The zero-order valence-electron chi connectivity index (χ0n) is 23.8. The molecule has 7 rings (SSSR count). The van der Waals surface area contributed by atoms with Gasteiger partial charge in [0.05, 0.1) is 0 Å². The van der Waals surface area contributed by atoms with Crippen molar-refractivity contribution in [1.29, 1.82) is 0 Å². The van der Waals surface area contributed by atoms with Crippen LogP contribution in [0.2, 0.25) is 8.35 Å². The quantitative estimate of drug-likeness (QED) is 0.269. The van der Waals surface area contributed by atoms with Crippen LogP contribution in [0.1, 0.15) is 61.0 Å². The van der Waals surface area contributed by atoms with Crippen LogP contribution in [0.3, 0.4) is 0 Å². The Kier molecular flexibility index (Phi) is 8.23. The first-order valence-corrected chi connectivity index (χ1v) is 23.5. The van der Waals surface area contributed by atoms with Crippen LogP contribution < -0.4 is 24.8 Å². The Balaban J connectivity index is 0.00000161. The Morgan fingerprint density at radius 1 is 0.525 bits per heavy atom. The van der Waals surface area contributed by atoms with E-state index in [-0.39, 0.29) is 24.8 Å². The fourth-order valence-corrected chi connectivity index (χ4v) is 30.9. The predicted octanol–water partition coefficient (Wildman–Crippen LogP) is 4.66. The van der Waals surface area contributed by atoms with E-state index in [9.17, 15) is 0 Å². The molecule has 0 radical (unpaired) electrons. The molecule has 3 heteroatoms. The Hall–Kier alpha value is -2.19. The molecule has 0 N–H and O–H groups in total. The summed E-state index contributed by atoms with van der Waals surface area (Å²) in [6.07, 6.45) is 6.55. The summed E-state index contributed by atoms with van der Waals surface area (Å²) in [6, 6.07) is 32.5. The Bertz CT molecular complexity index is 1500. The summed E-state index contributed by atoms with van der Waals surface area (Å²) in [7, 11) is 0. The third-order valence-electron chi connectivity index (χ3n) is 9.72. The van der Waals surface area contributed by atoms with Crippen molar-refractivity contribution in [3.05, 3.63) is 129 Å². The summed E-state index contributed by atoms with van der Waals surface area (Å²) in [5, 5.41) is 0. The molecule has 0 bridgehead atoms. The van der Waals surface area contributed by atoms with Gasteiger partial charge in [-0.1, -0.05) is 0 Å². The zero-order chi connectivity index (χ0) is 26.0. The number of hydrogen-bond acceptors (Lipinski definition) is 0. The molecule has 1 saturated heterocycles. The van der Waals surface area contributed by atoms with E-state index >= 15 is 0 Å². The van der Waals surface area contributed by atoms with Gasteiger partial charge >= 0.3 is 234 Å². The molecule has 2 aliphatic carbocycles. The molecule has 40 heavy (non-hydrogen) atoms. The van der Waals surface area contributed by atoms with Gasteiger partial charge in [0.25, 0.3) is 0 Å². The third kappa shape index (κ3) is 4.54. The van der Waals surface area contributed by atoms with Crippen LogP contribution in [0.15, 0.2) is 96.1 Å². The topological polar surface area (TPSA) is 0 Å². The molecule has 2 unspecified atom stereocenters. The maximum atomic E-state index is 2.56. The summed E-state index contributed by atoms with van der Waals surface area (Å²) >= 11 is -2.88. The van der Waals surface area contributed by atoms with Gasteiger partial charge in [-0.2, -0.15) is 0 Å². The van der Waals surface area contributed by atoms with Crippen molar-refractivity contribution >= 4 is 12.2 Å². The summed E-state index contributed by atoms with van der Waals surface area (Å²) in [6.45, 7) is 9.24. The molecule has 1 aliphatic heterocycles. The molecule has 0 spiro atoms. The maximum absolute atomic E-state index is 2.88. The van der Waals surface area contributed by atoms with Crippen LogP contribution >= 0.6 is 0 Å². The molecule has 1 heterocycles. The zero-order valence-corrected chi connectivity index (χ0v) is 28.9. The number of aryl methyl sites for hydroxylation is 2. The Morgan fingerprint density at radius 2 is 0.925 bits per heavy atom. The molecule has 4 aromatic rings. The van der Waals surface area contributed by atoms with Gasteiger partial charge < -0.3 is 24.8 Å². The van der Waals surface area contributed by atoms with Gasteiger partial charge in [0, 0.05) is 0 Å². The standard InChI is InChI=1S/2C17H15.C3H6.2ClH.Hf/c2*1-12-6-8-14(9-7-12)16-5-3-4-15-10-13(2)11-17(15)16;1-3-2;;;/h2*3-11H,1-2H3;1-3H2;2*1H;/q;;;;;+2/p-2.